The summed E-state index contributed by atoms with van der Waals surface area (Å²) in [6.07, 6.45) is 0. The number of nitrogens with one attached hydrogen (secondary N) is 1. The van der Waals surface area contributed by atoms with Crippen LogP contribution in [-0.2, 0) is 4.79 Å². The third-order valence-corrected chi connectivity index (χ3v) is 3.21. The molecule has 1 atom stereocenters. The molecule has 0 spiro atoms. The second-order valence-electron chi connectivity index (χ2n) is 4.40. The van der Waals surface area contributed by atoms with Crippen molar-refractivity contribution in [3.8, 4) is 0 Å². The molecule has 6 heteroatoms. The van der Waals surface area contributed by atoms with E-state index in [2.05, 4.69) is 10.2 Å². The molecule has 1 unspecified atom stereocenters. The Labute approximate surface area is 117 Å². The van der Waals surface area contributed by atoms with Crippen LogP contribution in [0.5, 0.6) is 0 Å². The number of carboxylic acids is 1. The Kier molecular flexibility index (Phi) is 6.54. The molecule has 1 aromatic carbocycles. The van der Waals surface area contributed by atoms with Crippen LogP contribution < -0.4 is 5.32 Å². The molecule has 4 nitrogen and oxygen atoms in total. The highest BCUT2D eigenvalue weighted by Crippen LogP contribution is 2.19. The predicted molar refractivity (Wildman–Crippen MR) is 72.5 cm³/mol. The smallest absolute Gasteiger partial charge is 0.325 e. The average Bonchev–Trinajstić information content (AvgIpc) is 2.42. The van der Waals surface area contributed by atoms with Gasteiger partial charge < -0.3 is 10.0 Å². The fourth-order valence-corrected chi connectivity index (χ4v) is 1.98. The molecule has 0 aliphatic carbocycles. The fourth-order valence-electron chi connectivity index (χ4n) is 1.98. The maximum absolute atomic E-state index is 13.6. The van der Waals surface area contributed by atoms with Crippen LogP contribution in [-0.4, -0.2) is 42.2 Å². The van der Waals surface area contributed by atoms with Gasteiger partial charge in [-0.3, -0.25) is 10.1 Å². The van der Waals surface area contributed by atoms with Crippen LogP contribution in [0.25, 0.3) is 0 Å². The van der Waals surface area contributed by atoms with Crippen LogP contribution in [0.2, 0.25) is 0 Å². The normalized spacial score (nSPS) is 12.7. The Bertz CT molecular complexity index is 451. The van der Waals surface area contributed by atoms with Gasteiger partial charge in [0.15, 0.2) is 11.6 Å². The van der Waals surface area contributed by atoms with Crippen molar-refractivity contribution in [2.24, 2.45) is 0 Å². The van der Waals surface area contributed by atoms with Gasteiger partial charge in [0.2, 0.25) is 0 Å². The minimum absolute atomic E-state index is 0.183. The average molecular weight is 286 g/mol. The zero-order chi connectivity index (χ0) is 15.1. The SMILES string of the molecule is CCN(CC)CCNC(C(=O)O)c1cccc(F)c1F. The highest BCUT2D eigenvalue weighted by atomic mass is 19.2. The van der Waals surface area contributed by atoms with Gasteiger partial charge in [0.25, 0.3) is 0 Å². The van der Waals surface area contributed by atoms with Gasteiger partial charge in [-0.15, -0.1) is 0 Å². The van der Waals surface area contributed by atoms with E-state index in [0.717, 1.165) is 19.2 Å². The molecule has 0 saturated carbocycles. The van der Waals surface area contributed by atoms with E-state index in [9.17, 15) is 13.6 Å². The number of likely N-dealkylation sites (N-methyl/N-ethyl adjacent to an activating group) is 1. The summed E-state index contributed by atoms with van der Waals surface area (Å²) in [6.45, 7) is 6.74. The summed E-state index contributed by atoms with van der Waals surface area (Å²) < 4.78 is 26.8. The van der Waals surface area contributed by atoms with Crippen molar-refractivity contribution in [1.82, 2.24) is 10.2 Å². The fraction of sp³-hybridized carbons (Fsp3) is 0.500. The lowest BCUT2D eigenvalue weighted by Gasteiger charge is -2.21. The Morgan fingerprint density at radius 3 is 2.55 bits per heavy atom. The molecule has 0 saturated heterocycles. The zero-order valence-corrected chi connectivity index (χ0v) is 11.7. The van der Waals surface area contributed by atoms with Gasteiger partial charge in [-0.2, -0.15) is 0 Å². The maximum Gasteiger partial charge on any atom is 0.325 e. The molecule has 0 heterocycles. The van der Waals surface area contributed by atoms with E-state index in [1.165, 1.54) is 12.1 Å². The summed E-state index contributed by atoms with van der Waals surface area (Å²) in [7, 11) is 0. The molecule has 0 amide bonds. The van der Waals surface area contributed by atoms with Crippen LogP contribution in [0.1, 0.15) is 25.5 Å². The van der Waals surface area contributed by atoms with Crippen molar-refractivity contribution in [2.75, 3.05) is 26.2 Å². The Morgan fingerprint density at radius 1 is 1.35 bits per heavy atom. The van der Waals surface area contributed by atoms with Gasteiger partial charge in [-0.25, -0.2) is 8.78 Å². The van der Waals surface area contributed by atoms with Gasteiger partial charge in [-0.1, -0.05) is 26.0 Å². The van der Waals surface area contributed by atoms with E-state index >= 15 is 0 Å². The quantitative estimate of drug-likeness (QED) is 0.767. The number of hydrogen-bond acceptors (Lipinski definition) is 3. The number of carbonyl (C=O) groups is 1. The zero-order valence-electron chi connectivity index (χ0n) is 11.7. The Hall–Kier alpha value is -1.53. The summed E-state index contributed by atoms with van der Waals surface area (Å²) in [4.78, 5) is 13.3. The van der Waals surface area contributed by atoms with Gasteiger partial charge in [0.05, 0.1) is 0 Å². The van der Waals surface area contributed by atoms with E-state index in [1.807, 2.05) is 13.8 Å². The summed E-state index contributed by atoms with van der Waals surface area (Å²) in [6, 6.07) is 2.30. The molecule has 0 aromatic heterocycles. The van der Waals surface area contributed by atoms with Crippen molar-refractivity contribution in [3.05, 3.63) is 35.4 Å². The van der Waals surface area contributed by atoms with Crippen LogP contribution >= 0.6 is 0 Å². The topological polar surface area (TPSA) is 52.6 Å². The molecule has 0 fully saturated rings. The molecule has 0 aliphatic heterocycles. The predicted octanol–water partition coefficient (Wildman–Crippen LogP) is 2.02. The van der Waals surface area contributed by atoms with Gasteiger partial charge in [0.1, 0.15) is 6.04 Å². The monoisotopic (exact) mass is 286 g/mol. The number of benzene rings is 1. The molecule has 20 heavy (non-hydrogen) atoms. The lowest BCUT2D eigenvalue weighted by Crippen LogP contribution is -2.36. The molecule has 112 valence electrons. The number of aliphatic carboxylic acids is 1. The molecular formula is C14H20F2N2O2. The van der Waals surface area contributed by atoms with Crippen LogP contribution in [0, 0.1) is 11.6 Å². The summed E-state index contributed by atoms with van der Waals surface area (Å²) in [5, 5.41) is 11.9. The number of nitrogens with zero attached hydrogens (tertiary/aromatic N) is 1. The number of carboxylic acid groups (broad SMARTS) is 1. The van der Waals surface area contributed by atoms with Crippen molar-refractivity contribution in [2.45, 2.75) is 19.9 Å². The summed E-state index contributed by atoms with van der Waals surface area (Å²) in [5.41, 5.74) is -0.183. The van der Waals surface area contributed by atoms with Crippen molar-refractivity contribution < 1.29 is 18.7 Å². The molecule has 2 N–H and O–H groups in total. The molecule has 0 radical (unpaired) electrons. The molecular weight excluding hydrogens is 266 g/mol. The standard InChI is InChI=1S/C14H20F2N2O2/c1-3-18(4-2)9-8-17-13(14(19)20)10-6-5-7-11(15)12(10)16/h5-7,13,17H,3-4,8-9H2,1-2H3,(H,19,20). The van der Waals surface area contributed by atoms with Gasteiger partial charge in [-0.05, 0) is 19.2 Å². The summed E-state index contributed by atoms with van der Waals surface area (Å²) >= 11 is 0. The first-order chi connectivity index (χ1) is 9.51. The van der Waals surface area contributed by atoms with E-state index < -0.39 is 23.6 Å². The highest BCUT2D eigenvalue weighted by Gasteiger charge is 2.24. The third kappa shape index (κ3) is 4.25. The van der Waals surface area contributed by atoms with E-state index in [1.54, 1.807) is 0 Å². The Morgan fingerprint density at radius 2 is 2.00 bits per heavy atom. The lowest BCUT2D eigenvalue weighted by atomic mass is 10.1. The maximum atomic E-state index is 13.6. The second kappa shape index (κ2) is 7.91. The van der Waals surface area contributed by atoms with Gasteiger partial charge in [0, 0.05) is 18.7 Å². The van der Waals surface area contributed by atoms with Crippen LogP contribution in [0.4, 0.5) is 8.78 Å². The van der Waals surface area contributed by atoms with Crippen molar-refractivity contribution in [3.63, 3.8) is 0 Å². The first-order valence-corrected chi connectivity index (χ1v) is 6.63. The molecule has 0 aliphatic rings. The minimum Gasteiger partial charge on any atom is -0.480 e. The molecule has 1 rings (SSSR count). The van der Waals surface area contributed by atoms with Crippen molar-refractivity contribution in [1.29, 1.82) is 0 Å². The van der Waals surface area contributed by atoms with Gasteiger partial charge >= 0.3 is 5.97 Å². The number of halogens is 2. The third-order valence-electron chi connectivity index (χ3n) is 3.21. The second-order valence-corrected chi connectivity index (χ2v) is 4.40. The molecule has 1 aromatic rings. The molecule has 0 bridgehead atoms. The Balaban J connectivity index is 2.75. The highest BCUT2D eigenvalue weighted by molar-refractivity contribution is 5.75. The number of hydrogen-bond donors (Lipinski definition) is 2. The summed E-state index contributed by atoms with van der Waals surface area (Å²) in [5.74, 6) is -3.39. The first kappa shape index (κ1) is 16.5. The van der Waals surface area contributed by atoms with E-state index in [0.29, 0.717) is 13.1 Å². The largest absolute Gasteiger partial charge is 0.480 e. The van der Waals surface area contributed by atoms with Crippen molar-refractivity contribution >= 4 is 5.97 Å². The first-order valence-electron chi connectivity index (χ1n) is 6.63. The van der Waals surface area contributed by atoms with Crippen LogP contribution in [0.15, 0.2) is 18.2 Å². The lowest BCUT2D eigenvalue weighted by molar-refractivity contribution is -0.139. The van der Waals surface area contributed by atoms with Crippen LogP contribution in [0.3, 0.4) is 0 Å². The number of rotatable bonds is 8. The minimum atomic E-state index is -1.25. The van der Waals surface area contributed by atoms with E-state index in [-0.39, 0.29) is 5.56 Å². The van der Waals surface area contributed by atoms with E-state index in [4.69, 9.17) is 5.11 Å².